The summed E-state index contributed by atoms with van der Waals surface area (Å²) in [6.45, 7) is 4.93. The van der Waals surface area contributed by atoms with Crippen molar-refractivity contribution in [2.24, 2.45) is 0 Å². The molecule has 1 unspecified atom stereocenters. The average Bonchev–Trinajstić information content (AvgIpc) is 2.84. The third-order valence-corrected chi connectivity index (χ3v) is 3.19. The molecule has 1 fully saturated rings. The molecule has 1 aliphatic rings. The van der Waals surface area contributed by atoms with Crippen LogP contribution in [0.25, 0.3) is 0 Å². The fourth-order valence-corrected chi connectivity index (χ4v) is 2.34. The standard InChI is InChI=1S/C12H17N3O2/c1-2-14(12-6-7-13-9-12)10-4-3-5-11(8-10)15(16)17/h3-5,8,12-13H,2,6-7,9H2,1H3. The van der Waals surface area contributed by atoms with Gasteiger partial charge >= 0.3 is 0 Å². The molecular formula is C12H17N3O2. The Morgan fingerprint density at radius 3 is 3.00 bits per heavy atom. The Morgan fingerprint density at radius 2 is 2.41 bits per heavy atom. The Labute approximate surface area is 101 Å². The first kappa shape index (κ1) is 11.9. The number of hydrogen-bond donors (Lipinski definition) is 1. The van der Waals surface area contributed by atoms with E-state index in [-0.39, 0.29) is 10.6 Å². The Hall–Kier alpha value is -1.62. The van der Waals surface area contributed by atoms with Gasteiger partial charge in [-0.1, -0.05) is 6.07 Å². The molecule has 0 saturated carbocycles. The molecule has 2 rings (SSSR count). The van der Waals surface area contributed by atoms with Gasteiger partial charge in [-0.25, -0.2) is 0 Å². The molecule has 17 heavy (non-hydrogen) atoms. The SMILES string of the molecule is CCN(c1cccc([N+](=O)[O-])c1)C1CCNC1. The van der Waals surface area contributed by atoms with Crippen LogP contribution in [-0.2, 0) is 0 Å². The van der Waals surface area contributed by atoms with Gasteiger partial charge in [-0.05, 0) is 26.0 Å². The van der Waals surface area contributed by atoms with Gasteiger partial charge in [-0.15, -0.1) is 0 Å². The van der Waals surface area contributed by atoms with Crippen molar-refractivity contribution < 1.29 is 4.92 Å². The second-order valence-corrected chi connectivity index (χ2v) is 4.21. The Bertz CT molecular complexity index is 402. The van der Waals surface area contributed by atoms with Crippen LogP contribution < -0.4 is 10.2 Å². The predicted molar refractivity (Wildman–Crippen MR) is 67.4 cm³/mol. The van der Waals surface area contributed by atoms with Crippen LogP contribution in [0.4, 0.5) is 11.4 Å². The van der Waals surface area contributed by atoms with Gasteiger partial charge in [0.25, 0.3) is 5.69 Å². The lowest BCUT2D eigenvalue weighted by atomic mass is 10.1. The van der Waals surface area contributed by atoms with Gasteiger partial charge in [0.15, 0.2) is 0 Å². The highest BCUT2D eigenvalue weighted by molar-refractivity contribution is 5.54. The van der Waals surface area contributed by atoms with E-state index in [0.717, 1.165) is 31.7 Å². The topological polar surface area (TPSA) is 58.4 Å². The molecule has 0 radical (unpaired) electrons. The molecule has 1 atom stereocenters. The van der Waals surface area contributed by atoms with Crippen LogP contribution in [0.2, 0.25) is 0 Å². The lowest BCUT2D eigenvalue weighted by Crippen LogP contribution is -2.36. The Kier molecular flexibility index (Phi) is 3.58. The zero-order valence-corrected chi connectivity index (χ0v) is 9.93. The number of likely N-dealkylation sites (N-methyl/N-ethyl adjacent to an activating group) is 1. The second-order valence-electron chi connectivity index (χ2n) is 4.21. The van der Waals surface area contributed by atoms with E-state index < -0.39 is 0 Å². The number of hydrogen-bond acceptors (Lipinski definition) is 4. The maximum Gasteiger partial charge on any atom is 0.271 e. The molecular weight excluding hydrogens is 218 g/mol. The van der Waals surface area contributed by atoms with E-state index in [2.05, 4.69) is 17.1 Å². The van der Waals surface area contributed by atoms with E-state index >= 15 is 0 Å². The molecule has 0 aliphatic carbocycles. The van der Waals surface area contributed by atoms with Crippen LogP contribution in [0.1, 0.15) is 13.3 Å². The monoisotopic (exact) mass is 235 g/mol. The van der Waals surface area contributed by atoms with Crippen LogP contribution in [0.5, 0.6) is 0 Å². The van der Waals surface area contributed by atoms with Crippen molar-refractivity contribution in [2.75, 3.05) is 24.5 Å². The third-order valence-electron chi connectivity index (χ3n) is 3.19. The summed E-state index contributed by atoms with van der Waals surface area (Å²) in [5.74, 6) is 0. The number of rotatable bonds is 4. The molecule has 1 aromatic rings. The van der Waals surface area contributed by atoms with E-state index in [1.807, 2.05) is 6.07 Å². The van der Waals surface area contributed by atoms with Crippen molar-refractivity contribution in [3.8, 4) is 0 Å². The van der Waals surface area contributed by atoms with E-state index in [0.29, 0.717) is 6.04 Å². The number of benzene rings is 1. The summed E-state index contributed by atoms with van der Waals surface area (Å²) >= 11 is 0. The molecule has 5 heteroatoms. The average molecular weight is 235 g/mol. The molecule has 5 nitrogen and oxygen atoms in total. The first-order valence-electron chi connectivity index (χ1n) is 5.94. The highest BCUT2D eigenvalue weighted by Crippen LogP contribution is 2.24. The molecule has 0 spiro atoms. The number of nitrogens with one attached hydrogen (secondary N) is 1. The van der Waals surface area contributed by atoms with Crippen molar-refractivity contribution in [3.05, 3.63) is 34.4 Å². The van der Waals surface area contributed by atoms with Crippen LogP contribution in [0.3, 0.4) is 0 Å². The molecule has 1 aromatic carbocycles. The van der Waals surface area contributed by atoms with Gasteiger partial charge in [0, 0.05) is 37.0 Å². The number of anilines is 1. The predicted octanol–water partition coefficient (Wildman–Crippen LogP) is 1.78. The van der Waals surface area contributed by atoms with Crippen LogP contribution in [-0.4, -0.2) is 30.6 Å². The van der Waals surface area contributed by atoms with E-state index in [1.54, 1.807) is 12.1 Å². The number of nitro benzene ring substituents is 1. The van der Waals surface area contributed by atoms with E-state index in [9.17, 15) is 10.1 Å². The minimum absolute atomic E-state index is 0.159. The first-order valence-corrected chi connectivity index (χ1v) is 5.94. The first-order chi connectivity index (χ1) is 8.22. The highest BCUT2D eigenvalue weighted by Gasteiger charge is 2.22. The Balaban J connectivity index is 2.23. The van der Waals surface area contributed by atoms with Crippen LogP contribution in [0, 0.1) is 10.1 Å². The maximum absolute atomic E-state index is 10.8. The normalized spacial score (nSPS) is 19.2. The summed E-state index contributed by atoms with van der Waals surface area (Å²) in [7, 11) is 0. The number of non-ortho nitro benzene ring substituents is 1. The molecule has 92 valence electrons. The molecule has 1 N–H and O–H groups in total. The van der Waals surface area contributed by atoms with Gasteiger partial charge in [-0.3, -0.25) is 10.1 Å². The summed E-state index contributed by atoms with van der Waals surface area (Å²) in [6, 6.07) is 7.32. The maximum atomic E-state index is 10.8. The van der Waals surface area contributed by atoms with Crippen LogP contribution >= 0.6 is 0 Å². The fourth-order valence-electron chi connectivity index (χ4n) is 2.34. The van der Waals surface area contributed by atoms with Gasteiger partial charge in [-0.2, -0.15) is 0 Å². The quantitative estimate of drug-likeness (QED) is 0.638. The lowest BCUT2D eigenvalue weighted by molar-refractivity contribution is -0.384. The third kappa shape index (κ3) is 2.55. The summed E-state index contributed by atoms with van der Waals surface area (Å²) in [5.41, 5.74) is 1.10. The molecule has 0 aromatic heterocycles. The van der Waals surface area contributed by atoms with Crippen molar-refractivity contribution in [2.45, 2.75) is 19.4 Å². The van der Waals surface area contributed by atoms with Crippen molar-refractivity contribution >= 4 is 11.4 Å². The molecule has 0 amide bonds. The molecule has 1 aliphatic heterocycles. The number of nitrogens with zero attached hydrogens (tertiary/aromatic N) is 2. The van der Waals surface area contributed by atoms with Crippen molar-refractivity contribution in [1.29, 1.82) is 0 Å². The second kappa shape index (κ2) is 5.14. The minimum Gasteiger partial charge on any atom is -0.367 e. The lowest BCUT2D eigenvalue weighted by Gasteiger charge is -2.29. The van der Waals surface area contributed by atoms with Crippen LogP contribution in [0.15, 0.2) is 24.3 Å². The molecule has 1 saturated heterocycles. The zero-order chi connectivity index (χ0) is 12.3. The van der Waals surface area contributed by atoms with Crippen molar-refractivity contribution in [3.63, 3.8) is 0 Å². The summed E-state index contributed by atoms with van der Waals surface area (Å²) in [5, 5.41) is 14.1. The van der Waals surface area contributed by atoms with Crippen molar-refractivity contribution in [1.82, 2.24) is 5.32 Å². The Morgan fingerprint density at radius 1 is 1.59 bits per heavy atom. The molecule has 1 heterocycles. The van der Waals surface area contributed by atoms with E-state index in [4.69, 9.17) is 0 Å². The summed E-state index contributed by atoms with van der Waals surface area (Å²) in [4.78, 5) is 12.6. The molecule has 0 bridgehead atoms. The van der Waals surface area contributed by atoms with Gasteiger partial charge in [0.1, 0.15) is 0 Å². The summed E-state index contributed by atoms with van der Waals surface area (Å²) < 4.78 is 0. The zero-order valence-electron chi connectivity index (χ0n) is 9.93. The fraction of sp³-hybridized carbons (Fsp3) is 0.500. The van der Waals surface area contributed by atoms with Gasteiger partial charge in [0.05, 0.1) is 4.92 Å². The highest BCUT2D eigenvalue weighted by atomic mass is 16.6. The minimum atomic E-state index is -0.343. The van der Waals surface area contributed by atoms with E-state index in [1.165, 1.54) is 6.07 Å². The number of nitro groups is 1. The van der Waals surface area contributed by atoms with Gasteiger partial charge in [0.2, 0.25) is 0 Å². The largest absolute Gasteiger partial charge is 0.367 e. The summed E-state index contributed by atoms with van der Waals surface area (Å²) in [6.07, 6.45) is 1.09. The smallest absolute Gasteiger partial charge is 0.271 e. The van der Waals surface area contributed by atoms with Gasteiger partial charge < -0.3 is 10.2 Å².